The fourth-order valence-electron chi connectivity index (χ4n) is 7.44. The minimum Gasteiger partial charge on any atom is -0.493 e. The van der Waals surface area contributed by atoms with Crippen LogP contribution in [-0.2, 0) is 43.2 Å². The van der Waals surface area contributed by atoms with Gasteiger partial charge in [-0.2, -0.15) is 0 Å². The van der Waals surface area contributed by atoms with Crippen molar-refractivity contribution in [2.75, 3.05) is 7.11 Å². The molecule has 0 spiro atoms. The highest BCUT2D eigenvalue weighted by molar-refractivity contribution is 5.97. The largest absolute Gasteiger partial charge is 0.493 e. The fraction of sp³-hybridized carbons (Fsp3) is 0.141. The first-order valence-corrected chi connectivity index (χ1v) is 27.1. The van der Waals surface area contributed by atoms with Crippen LogP contribution in [0.25, 0.3) is 33.4 Å². The van der Waals surface area contributed by atoms with Gasteiger partial charge in [-0.25, -0.2) is 47.5 Å². The van der Waals surface area contributed by atoms with Gasteiger partial charge in [-0.1, -0.05) is 68.6 Å². The van der Waals surface area contributed by atoms with Crippen LogP contribution in [0.4, 0.5) is 4.39 Å². The van der Waals surface area contributed by atoms with E-state index in [2.05, 4.69) is 44.4 Å². The summed E-state index contributed by atoms with van der Waals surface area (Å²) in [5.74, 6) is -9.66. The molecule has 20 heteroatoms. The van der Waals surface area contributed by atoms with Gasteiger partial charge in [-0.15, -0.1) is 0 Å². The summed E-state index contributed by atoms with van der Waals surface area (Å²) in [7, 11) is 1.36. The van der Waals surface area contributed by atoms with E-state index in [-0.39, 0.29) is 113 Å². The summed E-state index contributed by atoms with van der Waals surface area (Å²) in [5, 5.41) is 0. The number of benzene rings is 6. The van der Waals surface area contributed by atoms with Gasteiger partial charge in [0.2, 0.25) is 0 Å². The summed E-state index contributed by atoms with van der Waals surface area (Å²) < 4.78 is 70.4. The lowest BCUT2D eigenvalue weighted by atomic mass is 10.0. The Hall–Kier alpha value is -12.0. The number of ether oxygens (including phenoxy) is 10. The lowest BCUT2D eigenvalue weighted by Crippen LogP contribution is -2.13. The van der Waals surface area contributed by atoms with E-state index in [0.29, 0.717) is 22.3 Å². The van der Waals surface area contributed by atoms with E-state index in [1.807, 2.05) is 0 Å². The SMILES string of the molecule is C=C(C)C(=O)Oc1ccc(-c2cc(OC(=O)C(=C)C)cc(OC(=O)C(C)=C=C(C)C(=O)Oc3cc(OC(=O)C(C)=C=C(C)C(=O)Oc4cc(OC(=O)C(=C)C)cc(-c5ccc(OC(=O)C(=C)C)c(OC)c5)c4)cc(-c4ccc(OC(=O)C(=C)C)c(F)c4)c3)c2)cc1. The quantitative estimate of drug-likeness (QED) is 0.0265. The van der Waals surface area contributed by atoms with E-state index >= 15 is 4.39 Å². The molecule has 0 saturated carbocycles. The van der Waals surface area contributed by atoms with E-state index in [0.717, 1.165) is 18.2 Å². The molecule has 0 bridgehead atoms. The van der Waals surface area contributed by atoms with Gasteiger partial charge in [0.25, 0.3) is 0 Å². The Morgan fingerprint density at radius 1 is 0.286 bits per heavy atom. The molecule has 464 valence electrons. The summed E-state index contributed by atoms with van der Waals surface area (Å²) >= 11 is 0. The van der Waals surface area contributed by atoms with E-state index in [4.69, 9.17) is 47.4 Å². The second-order valence-corrected chi connectivity index (χ2v) is 20.3. The number of hydrogen-bond acceptors (Lipinski definition) is 19. The van der Waals surface area contributed by atoms with Gasteiger partial charge in [0.1, 0.15) is 40.2 Å². The number of methoxy groups -OCH3 is 1. The third kappa shape index (κ3) is 19.0. The molecule has 0 heterocycles. The van der Waals surface area contributed by atoms with Crippen LogP contribution in [0.3, 0.4) is 0 Å². The lowest BCUT2D eigenvalue weighted by molar-refractivity contribution is -0.131. The topological polar surface area (TPSA) is 246 Å². The summed E-state index contributed by atoms with van der Waals surface area (Å²) in [4.78, 5) is 117. The normalized spacial score (nSPS) is 10.2. The Morgan fingerprint density at radius 3 is 0.868 bits per heavy atom. The average molecular weight is 1240 g/mol. The molecule has 0 amide bonds. The van der Waals surface area contributed by atoms with Crippen LogP contribution in [0, 0.1) is 5.82 Å². The highest BCUT2D eigenvalue weighted by Crippen LogP contribution is 2.38. The first kappa shape index (κ1) is 68.1. The van der Waals surface area contributed by atoms with E-state index in [1.54, 1.807) is 18.2 Å². The van der Waals surface area contributed by atoms with Crippen molar-refractivity contribution in [2.24, 2.45) is 0 Å². The second-order valence-electron chi connectivity index (χ2n) is 20.3. The molecule has 0 aliphatic carbocycles. The van der Waals surface area contributed by atoms with Crippen molar-refractivity contribution in [1.82, 2.24) is 0 Å². The molecule has 0 aliphatic heterocycles. The predicted molar refractivity (Wildman–Crippen MR) is 331 cm³/mol. The zero-order valence-electron chi connectivity index (χ0n) is 51.1. The molecule has 0 unspecified atom stereocenters. The molecule has 0 N–H and O–H groups in total. The summed E-state index contributed by atoms with van der Waals surface area (Å²) in [6.45, 7) is 30.3. The number of carbonyl (C=O) groups is 9. The Labute approximate surface area is 522 Å². The summed E-state index contributed by atoms with van der Waals surface area (Å²) in [6, 6.07) is 26.5. The van der Waals surface area contributed by atoms with Crippen molar-refractivity contribution in [1.29, 1.82) is 0 Å². The van der Waals surface area contributed by atoms with Crippen molar-refractivity contribution in [3.8, 4) is 90.9 Å². The maximum Gasteiger partial charge on any atom is 0.346 e. The average Bonchev–Trinajstić information content (AvgIpc) is 2.12. The van der Waals surface area contributed by atoms with Gasteiger partial charge in [0.05, 0.1) is 29.4 Å². The van der Waals surface area contributed by atoms with Crippen molar-refractivity contribution >= 4 is 53.7 Å². The number of hydrogen-bond donors (Lipinski definition) is 0. The number of halogens is 1. The van der Waals surface area contributed by atoms with Crippen LogP contribution in [0.5, 0.6) is 57.5 Å². The minimum absolute atomic E-state index is 0.00483. The van der Waals surface area contributed by atoms with Gasteiger partial charge in [-0.05, 0) is 168 Å². The molecule has 0 aliphatic rings. The first-order chi connectivity index (χ1) is 42.9. The van der Waals surface area contributed by atoms with Crippen molar-refractivity contribution in [3.63, 3.8) is 0 Å². The fourth-order valence-corrected chi connectivity index (χ4v) is 7.44. The lowest BCUT2D eigenvalue weighted by Gasteiger charge is -2.13. The third-order valence-electron chi connectivity index (χ3n) is 12.2. The van der Waals surface area contributed by atoms with Crippen LogP contribution in [0.2, 0.25) is 0 Å². The van der Waals surface area contributed by atoms with Crippen molar-refractivity contribution < 1.29 is 94.9 Å². The monoisotopic (exact) mass is 1230 g/mol. The molecule has 0 fully saturated rings. The third-order valence-corrected chi connectivity index (χ3v) is 12.2. The van der Waals surface area contributed by atoms with Gasteiger partial charge >= 0.3 is 53.7 Å². The van der Waals surface area contributed by atoms with Gasteiger partial charge in [-0.3, -0.25) is 0 Å². The molecule has 19 nitrogen and oxygen atoms in total. The zero-order chi connectivity index (χ0) is 67.1. The smallest absolute Gasteiger partial charge is 0.346 e. The summed E-state index contributed by atoms with van der Waals surface area (Å²) in [5.41, 5.74) is 6.77. The van der Waals surface area contributed by atoms with Gasteiger partial charge < -0.3 is 47.4 Å². The first-order valence-electron chi connectivity index (χ1n) is 27.1. The molecule has 0 atom stereocenters. The second kappa shape index (κ2) is 30.1. The Morgan fingerprint density at radius 2 is 0.549 bits per heavy atom. The Balaban J connectivity index is 1.29. The molecule has 6 aromatic rings. The number of rotatable bonds is 22. The van der Waals surface area contributed by atoms with Crippen molar-refractivity contribution in [3.05, 3.63) is 216 Å². The van der Waals surface area contributed by atoms with E-state index in [9.17, 15) is 43.2 Å². The molecule has 91 heavy (non-hydrogen) atoms. The maximum atomic E-state index is 15.5. The van der Waals surface area contributed by atoms with Crippen LogP contribution in [-0.4, -0.2) is 60.8 Å². The van der Waals surface area contributed by atoms with Crippen LogP contribution in [0.15, 0.2) is 210 Å². The molecule has 0 radical (unpaired) electrons. The van der Waals surface area contributed by atoms with Crippen LogP contribution < -0.4 is 47.4 Å². The molecule has 0 saturated heterocycles. The van der Waals surface area contributed by atoms with Gasteiger partial charge in [0, 0.05) is 46.1 Å². The van der Waals surface area contributed by atoms with Crippen LogP contribution >= 0.6 is 0 Å². The highest BCUT2D eigenvalue weighted by Gasteiger charge is 2.22. The van der Waals surface area contributed by atoms with E-state index < -0.39 is 65.3 Å². The van der Waals surface area contributed by atoms with E-state index in [1.165, 1.54) is 148 Å². The molecule has 6 rings (SSSR count). The summed E-state index contributed by atoms with van der Waals surface area (Å²) in [6.07, 6.45) is 0. The van der Waals surface area contributed by atoms with Gasteiger partial charge in [0.15, 0.2) is 23.1 Å². The number of carbonyl (C=O) groups excluding carboxylic acids is 9. The predicted octanol–water partition coefficient (Wildman–Crippen LogP) is 13.2. The Kier molecular flexibility index (Phi) is 22.5. The molecular weight excluding hydrogens is 1180 g/mol. The zero-order valence-corrected chi connectivity index (χ0v) is 51.1. The van der Waals surface area contributed by atoms with Crippen LogP contribution in [0.1, 0.15) is 62.3 Å². The molecular formula is C71H59FO19. The highest BCUT2D eigenvalue weighted by atomic mass is 19.1. The number of esters is 9. The van der Waals surface area contributed by atoms with Crippen molar-refractivity contribution in [2.45, 2.75) is 62.3 Å². The maximum absolute atomic E-state index is 15.5. The molecule has 0 aromatic heterocycles. The minimum atomic E-state index is -1.07. The standard InChI is InChI=1S/C71H59FO19/c1-37(2)63(73)83-52-20-16-46(17-21-52)49-26-53(84-64(74)38(3)4)34-55(27-49)86-68(78)42(11)24-43(12)69(79)87-56-28-50(47-18-22-60(59(72)32-47)90-66(76)40(7)8)29-57(36-56)88-70(80)44(13)25-45(14)71(81)89-58-31-51(30-54(35-58)85-65(75)39(5)6)48-19-23-61(62(33-48)82-15)91-67(77)41(9)10/h16-23,26-36H,1,3,5,7,9H2,2,4,6,8,10-15H3. The Bertz CT molecular complexity index is 4250. The molecule has 6 aromatic carbocycles.